The fraction of sp³-hybridized carbons (Fsp3) is 0.600. The van der Waals surface area contributed by atoms with Crippen LogP contribution in [0.25, 0.3) is 0 Å². The van der Waals surface area contributed by atoms with Gasteiger partial charge in [0.05, 0.1) is 5.54 Å². The maximum absolute atomic E-state index is 6.06. The first kappa shape index (κ1) is 12.4. The quantitative estimate of drug-likeness (QED) is 0.845. The van der Waals surface area contributed by atoms with Gasteiger partial charge in [0.25, 0.3) is 0 Å². The molecule has 0 saturated heterocycles. The molecule has 1 aromatic carbocycles. The lowest BCUT2D eigenvalue weighted by Crippen LogP contribution is -2.53. The van der Waals surface area contributed by atoms with Gasteiger partial charge in [0.2, 0.25) is 0 Å². The van der Waals surface area contributed by atoms with Gasteiger partial charge in [-0.3, -0.25) is 0 Å². The minimum absolute atomic E-state index is 0.128. The van der Waals surface area contributed by atoms with Gasteiger partial charge in [-0.2, -0.15) is 0 Å². The summed E-state index contributed by atoms with van der Waals surface area (Å²) in [4.78, 5) is 2.48. The summed E-state index contributed by atoms with van der Waals surface area (Å²) in [6, 6.07) is 8.75. The maximum Gasteiger partial charge on any atom is 0.0524 e. The van der Waals surface area contributed by atoms with E-state index in [4.69, 9.17) is 5.73 Å². The topological polar surface area (TPSA) is 29.3 Å². The smallest absolute Gasteiger partial charge is 0.0524 e. The Morgan fingerprint density at radius 3 is 2.59 bits per heavy atom. The summed E-state index contributed by atoms with van der Waals surface area (Å²) >= 11 is 0. The van der Waals surface area contributed by atoms with Gasteiger partial charge in [-0.05, 0) is 57.2 Å². The molecule has 1 saturated carbocycles. The lowest BCUT2D eigenvalue weighted by atomic mass is 9.92. The third-order valence-electron chi connectivity index (χ3n) is 4.12. The van der Waals surface area contributed by atoms with Crippen LogP contribution in [-0.2, 0) is 0 Å². The van der Waals surface area contributed by atoms with Crippen molar-refractivity contribution in [2.45, 2.75) is 39.2 Å². The Labute approximate surface area is 105 Å². The van der Waals surface area contributed by atoms with Gasteiger partial charge in [-0.25, -0.2) is 0 Å². The highest BCUT2D eigenvalue weighted by Crippen LogP contribution is 2.44. The minimum atomic E-state index is 0.128. The highest BCUT2D eigenvalue weighted by atomic mass is 15.2. The lowest BCUT2D eigenvalue weighted by molar-refractivity contribution is 0.383. The molecule has 1 fully saturated rings. The highest BCUT2D eigenvalue weighted by Gasteiger charge is 2.44. The zero-order chi connectivity index (χ0) is 12.5. The molecule has 2 nitrogen and oxygen atoms in total. The van der Waals surface area contributed by atoms with Gasteiger partial charge in [-0.1, -0.05) is 12.1 Å². The van der Waals surface area contributed by atoms with E-state index in [-0.39, 0.29) is 5.54 Å². The summed E-state index contributed by atoms with van der Waals surface area (Å²) in [7, 11) is 0. The first-order valence-corrected chi connectivity index (χ1v) is 6.66. The Kier molecular flexibility index (Phi) is 3.43. The molecule has 2 heteroatoms. The molecule has 0 spiro atoms. The van der Waals surface area contributed by atoms with E-state index in [2.05, 4.69) is 49.9 Å². The van der Waals surface area contributed by atoms with Gasteiger partial charge >= 0.3 is 0 Å². The standard InChI is InChI=1S/C15H24N2/c1-4-17(14-7-5-6-12(2)10-14)15(3,11-16)13-8-9-13/h5-7,10,13H,4,8-9,11,16H2,1-3H3. The molecule has 0 heterocycles. The number of anilines is 1. The van der Waals surface area contributed by atoms with Crippen LogP contribution in [0, 0.1) is 12.8 Å². The Hall–Kier alpha value is -1.02. The number of hydrogen-bond donors (Lipinski definition) is 1. The number of rotatable bonds is 5. The third-order valence-corrected chi connectivity index (χ3v) is 4.12. The molecule has 1 aliphatic rings. The van der Waals surface area contributed by atoms with Gasteiger partial charge in [0, 0.05) is 18.8 Å². The number of benzene rings is 1. The molecule has 0 bridgehead atoms. The van der Waals surface area contributed by atoms with Crippen LogP contribution in [0.2, 0.25) is 0 Å². The predicted octanol–water partition coefficient (Wildman–Crippen LogP) is 2.95. The number of nitrogens with zero attached hydrogens (tertiary/aromatic N) is 1. The van der Waals surface area contributed by atoms with E-state index in [1.165, 1.54) is 24.1 Å². The molecule has 2 rings (SSSR count). The van der Waals surface area contributed by atoms with Crippen molar-refractivity contribution in [3.05, 3.63) is 29.8 Å². The largest absolute Gasteiger partial charge is 0.365 e. The van der Waals surface area contributed by atoms with E-state index in [1.54, 1.807) is 0 Å². The van der Waals surface area contributed by atoms with Crippen molar-refractivity contribution in [1.82, 2.24) is 0 Å². The van der Waals surface area contributed by atoms with Crippen molar-refractivity contribution in [1.29, 1.82) is 0 Å². The van der Waals surface area contributed by atoms with Crippen molar-refractivity contribution in [3.8, 4) is 0 Å². The van der Waals surface area contributed by atoms with Crippen LogP contribution in [0.4, 0.5) is 5.69 Å². The van der Waals surface area contributed by atoms with Crippen molar-refractivity contribution in [2.75, 3.05) is 18.0 Å². The van der Waals surface area contributed by atoms with Crippen LogP contribution in [0.1, 0.15) is 32.3 Å². The molecular weight excluding hydrogens is 208 g/mol. The molecule has 0 amide bonds. The fourth-order valence-corrected chi connectivity index (χ4v) is 2.84. The fourth-order valence-electron chi connectivity index (χ4n) is 2.84. The summed E-state index contributed by atoms with van der Waals surface area (Å²) in [6.45, 7) is 8.44. The summed E-state index contributed by atoms with van der Waals surface area (Å²) < 4.78 is 0. The molecule has 0 aliphatic heterocycles. The van der Waals surface area contributed by atoms with E-state index < -0.39 is 0 Å². The summed E-state index contributed by atoms with van der Waals surface area (Å²) in [5, 5.41) is 0. The first-order chi connectivity index (χ1) is 8.11. The van der Waals surface area contributed by atoms with Crippen LogP contribution in [0.5, 0.6) is 0 Å². The molecular formula is C15H24N2. The monoisotopic (exact) mass is 232 g/mol. The average Bonchev–Trinajstić information content (AvgIpc) is 3.14. The van der Waals surface area contributed by atoms with Crippen molar-refractivity contribution >= 4 is 5.69 Å². The molecule has 1 unspecified atom stereocenters. The second-order valence-electron chi connectivity index (χ2n) is 5.42. The van der Waals surface area contributed by atoms with Gasteiger partial charge in [0.1, 0.15) is 0 Å². The van der Waals surface area contributed by atoms with Crippen molar-refractivity contribution < 1.29 is 0 Å². The van der Waals surface area contributed by atoms with Crippen LogP contribution in [0.3, 0.4) is 0 Å². The normalized spacial score (nSPS) is 18.8. The molecule has 0 aromatic heterocycles. The van der Waals surface area contributed by atoms with Gasteiger partial charge in [-0.15, -0.1) is 0 Å². The first-order valence-electron chi connectivity index (χ1n) is 6.66. The predicted molar refractivity (Wildman–Crippen MR) is 74.4 cm³/mol. The summed E-state index contributed by atoms with van der Waals surface area (Å²) in [6.07, 6.45) is 2.66. The number of aryl methyl sites for hydroxylation is 1. The SMILES string of the molecule is CCN(c1cccc(C)c1)C(C)(CN)C1CC1. The second kappa shape index (κ2) is 4.69. The second-order valence-corrected chi connectivity index (χ2v) is 5.42. The molecule has 2 N–H and O–H groups in total. The minimum Gasteiger partial charge on any atom is -0.365 e. The number of likely N-dealkylation sites (N-methyl/N-ethyl adjacent to an activating group) is 1. The van der Waals surface area contributed by atoms with E-state index in [0.29, 0.717) is 0 Å². The molecule has 17 heavy (non-hydrogen) atoms. The van der Waals surface area contributed by atoms with Crippen LogP contribution in [0.15, 0.2) is 24.3 Å². The Morgan fingerprint density at radius 2 is 2.12 bits per heavy atom. The van der Waals surface area contributed by atoms with E-state index in [1.807, 2.05) is 0 Å². The maximum atomic E-state index is 6.06. The van der Waals surface area contributed by atoms with Crippen LogP contribution < -0.4 is 10.6 Å². The average molecular weight is 232 g/mol. The highest BCUT2D eigenvalue weighted by molar-refractivity contribution is 5.51. The number of hydrogen-bond acceptors (Lipinski definition) is 2. The van der Waals surface area contributed by atoms with E-state index in [0.717, 1.165) is 19.0 Å². The van der Waals surface area contributed by atoms with Gasteiger partial charge < -0.3 is 10.6 Å². The van der Waals surface area contributed by atoms with E-state index >= 15 is 0 Å². The van der Waals surface area contributed by atoms with Crippen molar-refractivity contribution in [2.24, 2.45) is 11.7 Å². The van der Waals surface area contributed by atoms with Crippen LogP contribution >= 0.6 is 0 Å². The zero-order valence-electron chi connectivity index (χ0n) is 11.2. The Morgan fingerprint density at radius 1 is 1.41 bits per heavy atom. The summed E-state index contributed by atoms with van der Waals surface area (Å²) in [5.41, 5.74) is 8.81. The van der Waals surface area contributed by atoms with Crippen molar-refractivity contribution in [3.63, 3.8) is 0 Å². The molecule has 1 aromatic rings. The molecule has 94 valence electrons. The summed E-state index contributed by atoms with van der Waals surface area (Å²) in [5.74, 6) is 0.771. The number of nitrogens with two attached hydrogens (primary N) is 1. The van der Waals surface area contributed by atoms with E-state index in [9.17, 15) is 0 Å². The lowest BCUT2D eigenvalue weighted by Gasteiger charge is -2.42. The molecule has 0 radical (unpaired) electrons. The third kappa shape index (κ3) is 2.32. The molecule has 1 aliphatic carbocycles. The van der Waals surface area contributed by atoms with Crippen LogP contribution in [-0.4, -0.2) is 18.6 Å². The molecule has 1 atom stereocenters. The Balaban J connectivity index is 2.31. The Bertz CT molecular complexity index is 384. The zero-order valence-corrected chi connectivity index (χ0v) is 11.2. The van der Waals surface area contributed by atoms with Gasteiger partial charge in [0.15, 0.2) is 0 Å².